The maximum Gasteiger partial charge on any atom is 0.240 e. The van der Waals surface area contributed by atoms with Crippen LogP contribution in [-0.2, 0) is 16.1 Å². The van der Waals surface area contributed by atoms with Gasteiger partial charge in [0, 0.05) is 12.2 Å². The Morgan fingerprint density at radius 3 is 2.56 bits per heavy atom. The molecule has 1 aliphatic heterocycles. The average Bonchev–Trinajstić information content (AvgIpc) is 2.15. The molecule has 0 radical (unpaired) electrons. The van der Waals surface area contributed by atoms with Crippen LogP contribution in [0.15, 0.2) is 24.3 Å². The standard InChI is InChI=1S/C11H13N3O2/c12-9-3-1-2-8(4-9)5-14-6-10(15)13-11(16)7-14/h1-4H,5-7,12H2,(H,13,15,16). The smallest absolute Gasteiger partial charge is 0.240 e. The van der Waals surface area contributed by atoms with Crippen molar-refractivity contribution in [1.82, 2.24) is 10.2 Å². The fraction of sp³-hybridized carbons (Fsp3) is 0.273. The maximum atomic E-state index is 11.1. The number of nitrogens with one attached hydrogen (secondary N) is 1. The second-order valence-corrected chi connectivity index (χ2v) is 3.86. The number of amides is 2. The van der Waals surface area contributed by atoms with E-state index in [0.717, 1.165) is 5.56 Å². The SMILES string of the molecule is Nc1cccc(CN2CC(=O)NC(=O)C2)c1. The van der Waals surface area contributed by atoms with E-state index in [4.69, 9.17) is 5.73 Å². The van der Waals surface area contributed by atoms with Crippen molar-refractivity contribution in [2.75, 3.05) is 18.8 Å². The van der Waals surface area contributed by atoms with Gasteiger partial charge in [0.2, 0.25) is 11.8 Å². The Labute approximate surface area is 93.2 Å². The lowest BCUT2D eigenvalue weighted by molar-refractivity contribution is -0.136. The van der Waals surface area contributed by atoms with Gasteiger partial charge in [0.1, 0.15) is 0 Å². The summed E-state index contributed by atoms with van der Waals surface area (Å²) < 4.78 is 0. The quantitative estimate of drug-likeness (QED) is 0.530. The number of nitrogens with two attached hydrogens (primary N) is 1. The van der Waals surface area contributed by atoms with Crippen molar-refractivity contribution < 1.29 is 9.59 Å². The zero-order valence-electron chi connectivity index (χ0n) is 8.77. The molecule has 0 spiro atoms. The predicted molar refractivity (Wildman–Crippen MR) is 59.3 cm³/mol. The van der Waals surface area contributed by atoms with Crippen LogP contribution in [-0.4, -0.2) is 29.8 Å². The first-order valence-electron chi connectivity index (χ1n) is 5.03. The molecular weight excluding hydrogens is 206 g/mol. The van der Waals surface area contributed by atoms with Crippen molar-refractivity contribution in [1.29, 1.82) is 0 Å². The number of piperazine rings is 1. The van der Waals surface area contributed by atoms with Gasteiger partial charge in [0.15, 0.2) is 0 Å². The van der Waals surface area contributed by atoms with E-state index >= 15 is 0 Å². The molecule has 1 fully saturated rings. The Morgan fingerprint density at radius 2 is 1.94 bits per heavy atom. The number of hydrogen-bond acceptors (Lipinski definition) is 4. The summed E-state index contributed by atoms with van der Waals surface area (Å²) in [5.41, 5.74) is 7.34. The fourth-order valence-electron chi connectivity index (χ4n) is 1.76. The molecule has 1 aromatic carbocycles. The molecule has 84 valence electrons. The minimum absolute atomic E-state index is 0.250. The lowest BCUT2D eigenvalue weighted by Crippen LogP contribution is -2.50. The van der Waals surface area contributed by atoms with Crippen LogP contribution in [0, 0.1) is 0 Å². The Hall–Kier alpha value is -1.88. The Balaban J connectivity index is 2.04. The van der Waals surface area contributed by atoms with Crippen LogP contribution in [0.2, 0.25) is 0 Å². The summed E-state index contributed by atoms with van der Waals surface area (Å²) in [6.45, 7) is 1.06. The third-order valence-electron chi connectivity index (χ3n) is 2.37. The third kappa shape index (κ3) is 2.58. The number of rotatable bonds is 2. The van der Waals surface area contributed by atoms with Gasteiger partial charge in [-0.2, -0.15) is 0 Å². The van der Waals surface area contributed by atoms with Crippen LogP contribution in [0.3, 0.4) is 0 Å². The summed E-state index contributed by atoms with van der Waals surface area (Å²) in [6, 6.07) is 7.43. The molecule has 1 saturated heterocycles. The van der Waals surface area contributed by atoms with Gasteiger partial charge >= 0.3 is 0 Å². The molecule has 1 aliphatic rings. The highest BCUT2D eigenvalue weighted by Gasteiger charge is 2.22. The van der Waals surface area contributed by atoms with Crippen molar-refractivity contribution >= 4 is 17.5 Å². The van der Waals surface area contributed by atoms with Crippen molar-refractivity contribution in [2.24, 2.45) is 0 Å². The van der Waals surface area contributed by atoms with Crippen LogP contribution in [0.25, 0.3) is 0 Å². The molecule has 0 aromatic heterocycles. The van der Waals surface area contributed by atoms with E-state index < -0.39 is 0 Å². The van der Waals surface area contributed by atoms with Crippen LogP contribution in [0.5, 0.6) is 0 Å². The van der Waals surface area contributed by atoms with Crippen LogP contribution >= 0.6 is 0 Å². The van der Waals surface area contributed by atoms with E-state index in [-0.39, 0.29) is 24.9 Å². The second-order valence-electron chi connectivity index (χ2n) is 3.86. The highest BCUT2D eigenvalue weighted by molar-refractivity contribution is 5.99. The molecule has 1 aromatic rings. The number of hydrogen-bond donors (Lipinski definition) is 2. The van der Waals surface area contributed by atoms with Gasteiger partial charge in [-0.25, -0.2) is 0 Å². The van der Waals surface area contributed by atoms with E-state index in [1.54, 1.807) is 11.0 Å². The van der Waals surface area contributed by atoms with Crippen molar-refractivity contribution in [3.8, 4) is 0 Å². The fourth-order valence-corrected chi connectivity index (χ4v) is 1.76. The molecular formula is C11H13N3O2. The van der Waals surface area contributed by atoms with Gasteiger partial charge in [-0.15, -0.1) is 0 Å². The Bertz CT molecular complexity index is 415. The zero-order chi connectivity index (χ0) is 11.5. The van der Waals surface area contributed by atoms with E-state index in [0.29, 0.717) is 12.2 Å². The summed E-state index contributed by atoms with van der Waals surface area (Å²) >= 11 is 0. The Morgan fingerprint density at radius 1 is 1.25 bits per heavy atom. The van der Waals surface area contributed by atoms with Crippen molar-refractivity contribution in [3.63, 3.8) is 0 Å². The highest BCUT2D eigenvalue weighted by atomic mass is 16.2. The predicted octanol–water partition coefficient (Wildman–Crippen LogP) is -0.273. The van der Waals surface area contributed by atoms with Crippen LogP contribution in [0.1, 0.15) is 5.56 Å². The molecule has 5 nitrogen and oxygen atoms in total. The number of carbonyl (C=O) groups is 2. The lowest BCUT2D eigenvalue weighted by Gasteiger charge is -2.25. The van der Waals surface area contributed by atoms with E-state index in [9.17, 15) is 9.59 Å². The molecule has 0 bridgehead atoms. The number of nitrogens with zero attached hydrogens (tertiary/aromatic N) is 1. The second kappa shape index (κ2) is 4.32. The van der Waals surface area contributed by atoms with Gasteiger partial charge in [0.25, 0.3) is 0 Å². The lowest BCUT2D eigenvalue weighted by atomic mass is 10.2. The van der Waals surface area contributed by atoms with Crippen LogP contribution < -0.4 is 11.1 Å². The van der Waals surface area contributed by atoms with Gasteiger partial charge in [-0.05, 0) is 17.7 Å². The minimum Gasteiger partial charge on any atom is -0.399 e. The number of anilines is 1. The first-order chi connectivity index (χ1) is 7.63. The normalized spacial score (nSPS) is 17.2. The molecule has 2 amide bonds. The monoisotopic (exact) mass is 219 g/mol. The molecule has 0 atom stereocenters. The van der Waals surface area contributed by atoms with Crippen molar-refractivity contribution in [3.05, 3.63) is 29.8 Å². The minimum atomic E-state index is -0.250. The van der Waals surface area contributed by atoms with Crippen molar-refractivity contribution in [2.45, 2.75) is 6.54 Å². The molecule has 0 aliphatic carbocycles. The number of benzene rings is 1. The van der Waals surface area contributed by atoms with Crippen LogP contribution in [0.4, 0.5) is 5.69 Å². The molecule has 2 rings (SSSR count). The van der Waals surface area contributed by atoms with E-state index in [1.165, 1.54) is 0 Å². The van der Waals surface area contributed by atoms with Gasteiger partial charge in [0.05, 0.1) is 13.1 Å². The summed E-state index contributed by atoms with van der Waals surface area (Å²) in [6.07, 6.45) is 0. The summed E-state index contributed by atoms with van der Waals surface area (Å²) in [5, 5.41) is 2.26. The maximum absolute atomic E-state index is 11.1. The first kappa shape index (κ1) is 10.6. The number of nitrogen functional groups attached to an aromatic ring is 1. The summed E-state index contributed by atoms with van der Waals surface area (Å²) in [7, 11) is 0. The zero-order valence-corrected chi connectivity index (χ0v) is 8.77. The largest absolute Gasteiger partial charge is 0.399 e. The molecule has 0 saturated carbocycles. The van der Waals surface area contributed by atoms with Gasteiger partial charge in [-0.3, -0.25) is 19.8 Å². The molecule has 5 heteroatoms. The third-order valence-corrected chi connectivity index (χ3v) is 2.37. The number of imide groups is 1. The summed E-state index contributed by atoms with van der Waals surface area (Å²) in [5.74, 6) is -0.500. The molecule has 16 heavy (non-hydrogen) atoms. The summed E-state index contributed by atoms with van der Waals surface area (Å²) in [4.78, 5) is 24.1. The first-order valence-corrected chi connectivity index (χ1v) is 5.03. The molecule has 1 heterocycles. The van der Waals surface area contributed by atoms with Gasteiger partial charge in [-0.1, -0.05) is 12.1 Å². The van der Waals surface area contributed by atoms with Gasteiger partial charge < -0.3 is 5.73 Å². The molecule has 3 N–H and O–H groups in total. The Kier molecular flexibility index (Phi) is 2.87. The average molecular weight is 219 g/mol. The number of carbonyl (C=O) groups excluding carboxylic acids is 2. The topological polar surface area (TPSA) is 75.4 Å². The van der Waals surface area contributed by atoms with E-state index in [2.05, 4.69) is 5.32 Å². The highest BCUT2D eigenvalue weighted by Crippen LogP contribution is 2.10. The molecule has 0 unspecified atom stereocenters. The van der Waals surface area contributed by atoms with E-state index in [1.807, 2.05) is 18.2 Å².